The summed E-state index contributed by atoms with van der Waals surface area (Å²) in [4.78, 5) is 12.4. The smallest absolute Gasteiger partial charge is 0.262 e. The summed E-state index contributed by atoms with van der Waals surface area (Å²) in [5, 5.41) is 10.7. The molecule has 0 aliphatic carbocycles. The molecule has 0 atom stereocenters. The molecule has 0 unspecified atom stereocenters. The number of halogens is 2. The van der Waals surface area contributed by atoms with Gasteiger partial charge in [0, 0.05) is 10.6 Å². The van der Waals surface area contributed by atoms with Gasteiger partial charge in [0.05, 0.1) is 11.4 Å². The van der Waals surface area contributed by atoms with Gasteiger partial charge in [0.2, 0.25) is 0 Å². The van der Waals surface area contributed by atoms with Crippen LogP contribution in [-0.4, -0.2) is 22.7 Å². The lowest BCUT2D eigenvalue weighted by atomic mass is 10.1. The number of ether oxygens (including phenoxy) is 1. The van der Waals surface area contributed by atoms with E-state index in [0.717, 1.165) is 18.5 Å². The number of hydrogen-bond acceptors (Lipinski definition) is 3. The minimum absolute atomic E-state index is 0.152. The fraction of sp³-hybridized carbons (Fsp3) is 0.200. The van der Waals surface area contributed by atoms with Gasteiger partial charge in [0.1, 0.15) is 17.3 Å². The summed E-state index contributed by atoms with van der Waals surface area (Å²) in [7, 11) is 0. The molecular formula is C20H19ClFN3O2. The Morgan fingerprint density at radius 2 is 1.89 bits per heavy atom. The number of anilines is 1. The number of carbonyl (C=O) groups excluding carboxylic acids is 1. The van der Waals surface area contributed by atoms with Gasteiger partial charge in [0.15, 0.2) is 6.61 Å². The van der Waals surface area contributed by atoms with Gasteiger partial charge in [-0.25, -0.2) is 4.39 Å². The summed E-state index contributed by atoms with van der Waals surface area (Å²) in [5.74, 6) is -0.0913. The van der Waals surface area contributed by atoms with Crippen molar-refractivity contribution in [2.75, 3.05) is 11.9 Å². The van der Waals surface area contributed by atoms with Gasteiger partial charge >= 0.3 is 0 Å². The topological polar surface area (TPSA) is 67.0 Å². The molecule has 27 heavy (non-hydrogen) atoms. The van der Waals surface area contributed by atoms with E-state index >= 15 is 0 Å². The van der Waals surface area contributed by atoms with Crippen molar-refractivity contribution in [3.8, 4) is 17.0 Å². The van der Waals surface area contributed by atoms with E-state index in [1.807, 2.05) is 6.92 Å². The van der Waals surface area contributed by atoms with Crippen LogP contribution in [0.4, 0.5) is 10.1 Å². The molecular weight excluding hydrogens is 369 g/mol. The fourth-order valence-electron chi connectivity index (χ4n) is 2.62. The summed E-state index contributed by atoms with van der Waals surface area (Å²) < 4.78 is 18.7. The number of aromatic amines is 1. The van der Waals surface area contributed by atoms with Crippen molar-refractivity contribution < 1.29 is 13.9 Å². The van der Waals surface area contributed by atoms with Crippen LogP contribution in [0.3, 0.4) is 0 Å². The average molecular weight is 388 g/mol. The van der Waals surface area contributed by atoms with Crippen molar-refractivity contribution in [3.05, 3.63) is 65.1 Å². The van der Waals surface area contributed by atoms with Crippen LogP contribution < -0.4 is 10.1 Å². The molecule has 3 aromatic rings. The Kier molecular flexibility index (Phi) is 6.08. The quantitative estimate of drug-likeness (QED) is 0.609. The molecule has 0 aliphatic rings. The van der Waals surface area contributed by atoms with E-state index < -0.39 is 0 Å². The molecule has 0 spiro atoms. The van der Waals surface area contributed by atoms with Gasteiger partial charge in [0.25, 0.3) is 5.91 Å². The van der Waals surface area contributed by atoms with Crippen molar-refractivity contribution in [2.45, 2.75) is 19.8 Å². The van der Waals surface area contributed by atoms with Gasteiger partial charge in [-0.15, -0.1) is 0 Å². The Balaban J connectivity index is 1.75. The van der Waals surface area contributed by atoms with Crippen LogP contribution in [0.2, 0.25) is 5.02 Å². The molecule has 1 amide bonds. The Morgan fingerprint density at radius 3 is 2.56 bits per heavy atom. The zero-order valence-corrected chi connectivity index (χ0v) is 15.5. The number of nitrogens with zero attached hydrogens (tertiary/aromatic N) is 1. The number of hydrogen-bond donors (Lipinski definition) is 2. The maximum atomic E-state index is 13.2. The van der Waals surface area contributed by atoms with E-state index in [0.29, 0.717) is 27.7 Å². The molecule has 0 fully saturated rings. The first-order valence-electron chi connectivity index (χ1n) is 8.58. The Hall–Kier alpha value is -2.86. The third-order valence-electron chi connectivity index (χ3n) is 3.91. The molecule has 0 aliphatic heterocycles. The SMILES string of the molecule is CCCc1[nH]nc(-c2ccc(F)cc2)c1NC(=O)COc1ccc(Cl)cc1. The highest BCUT2D eigenvalue weighted by Crippen LogP contribution is 2.29. The third-order valence-corrected chi connectivity index (χ3v) is 4.16. The molecule has 2 N–H and O–H groups in total. The molecule has 0 saturated carbocycles. The van der Waals surface area contributed by atoms with Crippen molar-refractivity contribution in [1.29, 1.82) is 0 Å². The van der Waals surface area contributed by atoms with Gasteiger partial charge < -0.3 is 10.1 Å². The van der Waals surface area contributed by atoms with E-state index in [-0.39, 0.29) is 18.3 Å². The van der Waals surface area contributed by atoms with Crippen LogP contribution in [0.15, 0.2) is 48.5 Å². The molecule has 140 valence electrons. The second-order valence-corrected chi connectivity index (χ2v) is 6.41. The zero-order valence-electron chi connectivity index (χ0n) is 14.8. The third kappa shape index (κ3) is 4.86. The molecule has 5 nitrogen and oxygen atoms in total. The lowest BCUT2D eigenvalue weighted by molar-refractivity contribution is -0.118. The molecule has 3 rings (SSSR count). The number of carbonyl (C=O) groups is 1. The summed E-state index contributed by atoms with van der Waals surface area (Å²) in [6, 6.07) is 12.7. The van der Waals surface area contributed by atoms with Crippen LogP contribution in [0, 0.1) is 5.82 Å². The molecule has 0 radical (unpaired) electrons. The number of rotatable bonds is 7. The standard InChI is InChI=1S/C20H19ClFN3O2/c1-2-3-17-20(19(25-24-17)13-4-8-15(22)9-5-13)23-18(26)12-27-16-10-6-14(21)7-11-16/h4-11H,2-3,12H2,1H3,(H,23,26)(H,24,25). The predicted octanol–water partition coefficient (Wildman–Crippen LogP) is 4.84. The first-order chi connectivity index (χ1) is 13.1. The summed E-state index contributed by atoms with van der Waals surface area (Å²) in [5.41, 5.74) is 2.69. The van der Waals surface area contributed by atoms with Crippen molar-refractivity contribution in [3.63, 3.8) is 0 Å². The lowest BCUT2D eigenvalue weighted by Crippen LogP contribution is -2.21. The Bertz CT molecular complexity index is 908. The molecule has 0 saturated heterocycles. The molecule has 2 aromatic carbocycles. The van der Waals surface area contributed by atoms with E-state index in [1.165, 1.54) is 12.1 Å². The number of benzene rings is 2. The number of amides is 1. The van der Waals surface area contributed by atoms with E-state index in [1.54, 1.807) is 36.4 Å². The Morgan fingerprint density at radius 1 is 1.19 bits per heavy atom. The number of nitrogens with one attached hydrogen (secondary N) is 2. The maximum Gasteiger partial charge on any atom is 0.262 e. The van der Waals surface area contributed by atoms with Crippen molar-refractivity contribution in [1.82, 2.24) is 10.2 Å². The predicted molar refractivity (Wildman–Crippen MR) is 104 cm³/mol. The largest absolute Gasteiger partial charge is 0.484 e. The average Bonchev–Trinajstić information content (AvgIpc) is 3.05. The normalized spacial score (nSPS) is 10.6. The van der Waals surface area contributed by atoms with Crippen LogP contribution in [0.5, 0.6) is 5.75 Å². The zero-order chi connectivity index (χ0) is 19.2. The second-order valence-electron chi connectivity index (χ2n) is 5.97. The highest BCUT2D eigenvalue weighted by atomic mass is 35.5. The lowest BCUT2D eigenvalue weighted by Gasteiger charge is -2.10. The molecule has 1 aromatic heterocycles. The Labute approximate surface area is 161 Å². The summed E-state index contributed by atoms with van der Waals surface area (Å²) in [6.45, 7) is 1.88. The van der Waals surface area contributed by atoms with Gasteiger partial charge in [-0.3, -0.25) is 9.89 Å². The molecule has 1 heterocycles. The number of aryl methyl sites for hydroxylation is 1. The molecule has 0 bridgehead atoms. The van der Waals surface area contributed by atoms with E-state index in [9.17, 15) is 9.18 Å². The van der Waals surface area contributed by atoms with Crippen LogP contribution in [-0.2, 0) is 11.2 Å². The van der Waals surface area contributed by atoms with Crippen LogP contribution in [0.1, 0.15) is 19.0 Å². The first kappa shape index (κ1) is 18.9. The van der Waals surface area contributed by atoms with Crippen molar-refractivity contribution in [2.24, 2.45) is 0 Å². The van der Waals surface area contributed by atoms with Crippen molar-refractivity contribution >= 4 is 23.2 Å². The van der Waals surface area contributed by atoms with Gasteiger partial charge in [-0.2, -0.15) is 5.10 Å². The highest BCUT2D eigenvalue weighted by Gasteiger charge is 2.17. The van der Waals surface area contributed by atoms with E-state index in [4.69, 9.17) is 16.3 Å². The fourth-order valence-corrected chi connectivity index (χ4v) is 2.74. The monoisotopic (exact) mass is 387 g/mol. The number of H-pyrrole nitrogens is 1. The summed E-state index contributed by atoms with van der Waals surface area (Å²) in [6.07, 6.45) is 1.61. The maximum absolute atomic E-state index is 13.2. The van der Waals surface area contributed by atoms with Gasteiger partial charge in [-0.1, -0.05) is 24.9 Å². The van der Waals surface area contributed by atoms with Crippen LogP contribution >= 0.6 is 11.6 Å². The summed E-state index contributed by atoms with van der Waals surface area (Å²) >= 11 is 5.83. The first-order valence-corrected chi connectivity index (χ1v) is 8.96. The molecule has 7 heteroatoms. The van der Waals surface area contributed by atoms with Gasteiger partial charge in [-0.05, 0) is 55.0 Å². The minimum atomic E-state index is -0.329. The highest BCUT2D eigenvalue weighted by molar-refractivity contribution is 6.30. The minimum Gasteiger partial charge on any atom is -0.484 e. The number of aromatic nitrogens is 2. The van der Waals surface area contributed by atoms with E-state index in [2.05, 4.69) is 15.5 Å². The van der Waals surface area contributed by atoms with Crippen LogP contribution in [0.25, 0.3) is 11.3 Å². The second kappa shape index (κ2) is 8.68.